The summed E-state index contributed by atoms with van der Waals surface area (Å²) in [4.78, 5) is 16.3. The number of hydrogen-bond acceptors (Lipinski definition) is 5. The van der Waals surface area contributed by atoms with Crippen molar-refractivity contribution in [3.8, 4) is 11.6 Å². The second-order valence-corrected chi connectivity index (χ2v) is 6.13. The van der Waals surface area contributed by atoms with Gasteiger partial charge in [0.1, 0.15) is 11.4 Å². The first-order chi connectivity index (χ1) is 11.6. The predicted octanol–water partition coefficient (Wildman–Crippen LogP) is 3.09. The zero-order chi connectivity index (χ0) is 16.9. The lowest BCUT2D eigenvalue weighted by Gasteiger charge is -2.11. The molecule has 1 aliphatic heterocycles. The number of anilines is 1. The lowest BCUT2D eigenvalue weighted by molar-refractivity contribution is -0.116. The number of aromatic nitrogens is 3. The van der Waals surface area contributed by atoms with Gasteiger partial charge in [0.25, 0.3) is 0 Å². The second kappa shape index (κ2) is 10.4. The Morgan fingerprint density at radius 1 is 1.46 bits per heavy atom. The van der Waals surface area contributed by atoms with E-state index in [2.05, 4.69) is 20.7 Å². The van der Waals surface area contributed by atoms with Crippen LogP contribution in [0.25, 0.3) is 0 Å². The molecule has 9 heteroatoms. The molecule has 144 valence electrons. The van der Waals surface area contributed by atoms with Gasteiger partial charge < -0.3 is 15.4 Å². The fraction of sp³-hybridized carbons (Fsp3) is 0.471. The Kier molecular flexibility index (Phi) is 8.84. The van der Waals surface area contributed by atoms with E-state index in [-0.39, 0.29) is 30.7 Å². The zero-order valence-electron chi connectivity index (χ0n) is 14.9. The molecule has 1 amide bonds. The lowest BCUT2D eigenvalue weighted by Crippen LogP contribution is -2.15. The van der Waals surface area contributed by atoms with Crippen molar-refractivity contribution in [1.29, 1.82) is 0 Å². The van der Waals surface area contributed by atoms with E-state index in [9.17, 15) is 4.79 Å². The van der Waals surface area contributed by atoms with Crippen LogP contribution in [0.5, 0.6) is 11.6 Å². The number of carbonyl (C=O) groups excluding carboxylic acids is 1. The molecule has 3 heterocycles. The normalized spacial score (nSPS) is 15.7. The first kappa shape index (κ1) is 22.2. The molecule has 1 atom stereocenters. The van der Waals surface area contributed by atoms with Crippen molar-refractivity contribution in [3.63, 3.8) is 0 Å². The monoisotopic (exact) mass is 401 g/mol. The maximum Gasteiger partial charge on any atom is 0.241 e. The van der Waals surface area contributed by atoms with E-state index in [0.29, 0.717) is 29.7 Å². The van der Waals surface area contributed by atoms with Gasteiger partial charge in [0.15, 0.2) is 0 Å². The second-order valence-electron chi connectivity index (χ2n) is 6.13. The molecule has 3 rings (SSSR count). The van der Waals surface area contributed by atoms with E-state index in [1.54, 1.807) is 30.2 Å². The Labute approximate surface area is 165 Å². The number of halogens is 2. The van der Waals surface area contributed by atoms with Crippen LogP contribution in [0.3, 0.4) is 0 Å². The third kappa shape index (κ3) is 5.59. The summed E-state index contributed by atoms with van der Waals surface area (Å²) in [6, 6.07) is 3.61. The summed E-state index contributed by atoms with van der Waals surface area (Å²) in [6.45, 7) is 3.91. The van der Waals surface area contributed by atoms with Crippen LogP contribution in [0, 0.1) is 12.8 Å². The third-order valence-corrected chi connectivity index (χ3v) is 4.22. The summed E-state index contributed by atoms with van der Waals surface area (Å²) in [5.41, 5.74) is 1.35. The van der Waals surface area contributed by atoms with Crippen LogP contribution in [-0.2, 0) is 11.8 Å². The first-order valence-electron chi connectivity index (χ1n) is 8.25. The van der Waals surface area contributed by atoms with Crippen LogP contribution in [0.4, 0.5) is 5.69 Å². The van der Waals surface area contributed by atoms with E-state index in [4.69, 9.17) is 4.74 Å². The van der Waals surface area contributed by atoms with Crippen molar-refractivity contribution in [2.75, 3.05) is 18.4 Å². The third-order valence-electron chi connectivity index (χ3n) is 4.22. The minimum atomic E-state index is -0.00552. The highest BCUT2D eigenvalue weighted by atomic mass is 35.5. The largest absolute Gasteiger partial charge is 0.436 e. The maximum atomic E-state index is 12.3. The Hall–Kier alpha value is -1.83. The SMILES string of the molecule is Cc1nn(C)c(Oc2cccnc2)c1NC(=O)CCC1CCNC1.Cl.Cl. The lowest BCUT2D eigenvalue weighted by atomic mass is 10.0. The van der Waals surface area contributed by atoms with Crippen molar-refractivity contribution in [2.45, 2.75) is 26.2 Å². The Morgan fingerprint density at radius 3 is 2.92 bits per heavy atom. The smallest absolute Gasteiger partial charge is 0.241 e. The van der Waals surface area contributed by atoms with Gasteiger partial charge in [-0.1, -0.05) is 0 Å². The quantitative estimate of drug-likeness (QED) is 0.776. The molecule has 0 saturated carbocycles. The number of aryl methyl sites for hydroxylation is 2. The van der Waals surface area contributed by atoms with Gasteiger partial charge in [-0.25, -0.2) is 4.68 Å². The molecule has 1 saturated heterocycles. The Balaban J connectivity index is 0.00000169. The fourth-order valence-electron chi connectivity index (χ4n) is 2.92. The molecule has 2 aromatic rings. The average Bonchev–Trinajstić information content (AvgIpc) is 3.18. The molecular weight excluding hydrogens is 377 g/mol. The molecule has 26 heavy (non-hydrogen) atoms. The van der Waals surface area contributed by atoms with Gasteiger partial charge in [-0.15, -0.1) is 24.8 Å². The molecule has 0 spiro atoms. The van der Waals surface area contributed by atoms with E-state index in [0.717, 1.165) is 31.6 Å². The van der Waals surface area contributed by atoms with Crippen LogP contribution in [-0.4, -0.2) is 33.8 Å². The summed E-state index contributed by atoms with van der Waals surface area (Å²) in [5.74, 6) is 1.70. The molecule has 0 aromatic carbocycles. The predicted molar refractivity (Wildman–Crippen MR) is 106 cm³/mol. The number of nitrogens with one attached hydrogen (secondary N) is 2. The Morgan fingerprint density at radius 2 is 2.27 bits per heavy atom. The van der Waals surface area contributed by atoms with Crippen LogP contribution in [0.15, 0.2) is 24.5 Å². The standard InChI is InChI=1S/C17H23N5O2.2ClH/c1-12-16(20-15(23)6-5-13-7-9-19-10-13)17(22(2)21-12)24-14-4-3-8-18-11-14;;/h3-4,8,11,13,19H,5-7,9-10H2,1-2H3,(H,20,23);2*1H. The van der Waals surface area contributed by atoms with Crippen LogP contribution in [0.2, 0.25) is 0 Å². The highest BCUT2D eigenvalue weighted by Gasteiger charge is 2.20. The van der Waals surface area contributed by atoms with Crippen molar-refractivity contribution < 1.29 is 9.53 Å². The Bertz CT molecular complexity index is 703. The summed E-state index contributed by atoms with van der Waals surface area (Å²) in [5, 5.41) is 10.6. The van der Waals surface area contributed by atoms with Gasteiger partial charge in [0, 0.05) is 19.7 Å². The summed E-state index contributed by atoms with van der Waals surface area (Å²) < 4.78 is 7.48. The number of carbonyl (C=O) groups is 1. The molecule has 2 aromatic heterocycles. The summed E-state index contributed by atoms with van der Waals surface area (Å²) >= 11 is 0. The van der Waals surface area contributed by atoms with Crippen molar-refractivity contribution in [1.82, 2.24) is 20.1 Å². The first-order valence-corrected chi connectivity index (χ1v) is 8.25. The highest BCUT2D eigenvalue weighted by Crippen LogP contribution is 2.31. The molecule has 1 unspecified atom stereocenters. The van der Waals surface area contributed by atoms with Crippen LogP contribution < -0.4 is 15.4 Å². The molecule has 0 aliphatic carbocycles. The number of nitrogens with zero attached hydrogens (tertiary/aromatic N) is 3. The maximum absolute atomic E-state index is 12.3. The van der Waals surface area contributed by atoms with Gasteiger partial charge in [-0.3, -0.25) is 9.78 Å². The minimum absolute atomic E-state index is 0. The number of amides is 1. The molecule has 0 bridgehead atoms. The molecule has 1 aliphatic rings. The van der Waals surface area contributed by atoms with Crippen LogP contribution in [0.1, 0.15) is 25.0 Å². The van der Waals surface area contributed by atoms with E-state index in [1.807, 2.05) is 13.0 Å². The van der Waals surface area contributed by atoms with Gasteiger partial charge in [-0.05, 0) is 50.9 Å². The molecule has 7 nitrogen and oxygen atoms in total. The molecular formula is C17H25Cl2N5O2. The zero-order valence-corrected chi connectivity index (χ0v) is 16.5. The average molecular weight is 402 g/mol. The summed E-state index contributed by atoms with van der Waals surface area (Å²) in [7, 11) is 1.79. The fourth-order valence-corrected chi connectivity index (χ4v) is 2.92. The topological polar surface area (TPSA) is 81.1 Å². The number of ether oxygens (including phenoxy) is 1. The highest BCUT2D eigenvalue weighted by molar-refractivity contribution is 5.92. The number of rotatable bonds is 6. The van der Waals surface area contributed by atoms with E-state index < -0.39 is 0 Å². The van der Waals surface area contributed by atoms with Crippen molar-refractivity contribution in [2.24, 2.45) is 13.0 Å². The van der Waals surface area contributed by atoms with Crippen molar-refractivity contribution in [3.05, 3.63) is 30.2 Å². The molecule has 2 N–H and O–H groups in total. The van der Waals surface area contributed by atoms with Crippen LogP contribution >= 0.6 is 24.8 Å². The van der Waals surface area contributed by atoms with Gasteiger partial charge in [-0.2, -0.15) is 5.10 Å². The van der Waals surface area contributed by atoms with Gasteiger partial charge in [0.05, 0.1) is 11.9 Å². The van der Waals surface area contributed by atoms with Crippen molar-refractivity contribution >= 4 is 36.4 Å². The minimum Gasteiger partial charge on any atom is -0.436 e. The molecule has 0 radical (unpaired) electrons. The van der Waals surface area contributed by atoms with Gasteiger partial charge >= 0.3 is 0 Å². The number of pyridine rings is 1. The van der Waals surface area contributed by atoms with Gasteiger partial charge in [0.2, 0.25) is 11.8 Å². The number of hydrogen-bond donors (Lipinski definition) is 2. The van der Waals surface area contributed by atoms with E-state index >= 15 is 0 Å². The summed E-state index contributed by atoms with van der Waals surface area (Å²) in [6.07, 6.45) is 5.86. The molecule has 1 fully saturated rings. The van der Waals surface area contributed by atoms with E-state index in [1.165, 1.54) is 0 Å².